The van der Waals surface area contributed by atoms with E-state index in [9.17, 15) is 23.4 Å². The summed E-state index contributed by atoms with van der Waals surface area (Å²) in [4.78, 5) is 5.88. The number of fused-ring (bicyclic) bond motifs is 2. The van der Waals surface area contributed by atoms with Gasteiger partial charge in [0.15, 0.2) is 11.5 Å². The van der Waals surface area contributed by atoms with Gasteiger partial charge in [-0.1, -0.05) is 51.1 Å². The first kappa shape index (κ1) is 23.7. The number of pyridine rings is 2. The molecule has 1 saturated heterocycles. The first-order chi connectivity index (χ1) is 16.4. The van der Waals surface area contributed by atoms with Crippen molar-refractivity contribution in [1.29, 1.82) is 0 Å². The van der Waals surface area contributed by atoms with Crippen LogP contribution >= 0.6 is 0 Å². The van der Waals surface area contributed by atoms with Crippen LogP contribution < -0.4 is 0 Å². The van der Waals surface area contributed by atoms with E-state index in [1.165, 1.54) is 22.7 Å². The Labute approximate surface area is 199 Å². The first-order valence-corrected chi connectivity index (χ1v) is 11.4. The van der Waals surface area contributed by atoms with Crippen LogP contribution in [0.3, 0.4) is 0 Å². The lowest BCUT2D eigenvalue weighted by atomic mass is 9.85. The van der Waals surface area contributed by atoms with Crippen molar-refractivity contribution in [1.82, 2.24) is 24.5 Å². The minimum Gasteiger partial charge on any atom is -0.389 e. The summed E-state index contributed by atoms with van der Waals surface area (Å²) in [5, 5.41) is 29.0. The van der Waals surface area contributed by atoms with Crippen LogP contribution in [0.4, 0.5) is 13.2 Å². The molecule has 35 heavy (non-hydrogen) atoms. The predicted molar refractivity (Wildman–Crippen MR) is 125 cm³/mol. The second-order valence-electron chi connectivity index (χ2n) is 10.1. The van der Waals surface area contributed by atoms with Gasteiger partial charge in [-0.15, -0.1) is 10.2 Å². The standard InChI is InChI=1S/C25H26F3N5O2/c1-24(2,3)16-6-4-5-14-7-9-17(29-21(14)16)23-31-30-20-10-8-15(11-33(20)23)22(25(26,27)28)32-12-18(34)19(35)13-32/h4-11,18-19,22,34-35H,12-13H2,1-3H3/t18-,19-,22-/m1/s1. The highest BCUT2D eigenvalue weighted by atomic mass is 19.4. The molecule has 1 fully saturated rings. The van der Waals surface area contributed by atoms with Crippen molar-refractivity contribution in [2.45, 2.75) is 50.6 Å². The molecular weight excluding hydrogens is 459 g/mol. The zero-order chi connectivity index (χ0) is 25.1. The molecule has 0 aliphatic carbocycles. The van der Waals surface area contributed by atoms with E-state index in [1.54, 1.807) is 6.07 Å². The average molecular weight is 486 g/mol. The van der Waals surface area contributed by atoms with Crippen LogP contribution in [0, 0.1) is 0 Å². The number of hydrogen-bond acceptors (Lipinski definition) is 6. The smallest absolute Gasteiger partial charge is 0.389 e. The van der Waals surface area contributed by atoms with Crippen molar-refractivity contribution in [3.8, 4) is 11.5 Å². The normalized spacial score (nSPS) is 20.7. The molecule has 1 aromatic carbocycles. The Balaban J connectivity index is 1.63. The van der Waals surface area contributed by atoms with Crippen molar-refractivity contribution < 1.29 is 23.4 Å². The van der Waals surface area contributed by atoms with E-state index in [0.29, 0.717) is 17.2 Å². The summed E-state index contributed by atoms with van der Waals surface area (Å²) >= 11 is 0. The number of benzene rings is 1. The quantitative estimate of drug-likeness (QED) is 0.458. The third-order valence-electron chi connectivity index (χ3n) is 6.46. The number of aliphatic hydroxyl groups excluding tert-OH is 2. The summed E-state index contributed by atoms with van der Waals surface area (Å²) in [6.07, 6.45) is -5.71. The van der Waals surface area contributed by atoms with Gasteiger partial charge in [0.1, 0.15) is 11.7 Å². The Morgan fingerprint density at radius 3 is 2.31 bits per heavy atom. The molecule has 7 nitrogen and oxygen atoms in total. The molecule has 1 aliphatic heterocycles. The molecule has 3 atom stereocenters. The van der Waals surface area contributed by atoms with E-state index in [2.05, 4.69) is 31.0 Å². The Hall–Kier alpha value is -3.08. The van der Waals surface area contributed by atoms with E-state index < -0.39 is 24.4 Å². The van der Waals surface area contributed by atoms with Gasteiger partial charge in [0.05, 0.1) is 17.7 Å². The van der Waals surface area contributed by atoms with Crippen LogP contribution in [0.15, 0.2) is 48.7 Å². The summed E-state index contributed by atoms with van der Waals surface area (Å²) < 4.78 is 43.9. The number of aromatic nitrogens is 4. The minimum atomic E-state index is -4.62. The lowest BCUT2D eigenvalue weighted by molar-refractivity contribution is -0.185. The lowest BCUT2D eigenvalue weighted by Gasteiger charge is -2.29. The van der Waals surface area contributed by atoms with Gasteiger partial charge in [-0.2, -0.15) is 13.2 Å². The predicted octanol–water partition coefficient (Wildman–Crippen LogP) is 3.88. The number of halogens is 3. The minimum absolute atomic E-state index is 0.0384. The van der Waals surface area contributed by atoms with Crippen molar-refractivity contribution in [3.63, 3.8) is 0 Å². The molecule has 10 heteroatoms. The second kappa shape index (κ2) is 8.25. The fraction of sp³-hybridized carbons (Fsp3) is 0.400. The summed E-state index contributed by atoms with van der Waals surface area (Å²) in [6.45, 7) is 5.73. The van der Waals surface area contributed by atoms with E-state index in [-0.39, 0.29) is 24.1 Å². The largest absolute Gasteiger partial charge is 0.408 e. The molecule has 184 valence electrons. The number of β-amino-alcohol motifs (C(OH)–C–C–N with tert-alkyl or cyclic N) is 2. The Morgan fingerprint density at radius 1 is 0.943 bits per heavy atom. The lowest BCUT2D eigenvalue weighted by Crippen LogP contribution is -2.38. The molecule has 0 bridgehead atoms. The molecule has 1 aliphatic rings. The van der Waals surface area contributed by atoms with Crippen LogP contribution in [0.25, 0.3) is 28.1 Å². The van der Waals surface area contributed by atoms with Gasteiger partial charge in [0.25, 0.3) is 0 Å². The fourth-order valence-electron chi connectivity index (χ4n) is 4.74. The fourth-order valence-corrected chi connectivity index (χ4v) is 4.74. The van der Waals surface area contributed by atoms with E-state index >= 15 is 0 Å². The maximum atomic E-state index is 14.1. The number of hydrogen-bond donors (Lipinski definition) is 2. The van der Waals surface area contributed by atoms with E-state index in [4.69, 9.17) is 4.98 Å². The van der Waals surface area contributed by atoms with Crippen LogP contribution in [-0.2, 0) is 5.41 Å². The molecule has 4 heterocycles. The Morgan fingerprint density at radius 2 is 1.66 bits per heavy atom. The molecule has 0 spiro atoms. The van der Waals surface area contributed by atoms with Gasteiger partial charge in [-0.05, 0) is 28.7 Å². The monoisotopic (exact) mass is 485 g/mol. The first-order valence-electron chi connectivity index (χ1n) is 11.4. The maximum Gasteiger partial charge on any atom is 0.408 e. The SMILES string of the molecule is CC(C)(C)c1cccc2ccc(-c3nnc4ccc([C@@H](N5C[C@@H](O)[C@H](O)C5)C(F)(F)F)cn34)nc12. The number of nitrogens with zero attached hydrogens (tertiary/aromatic N) is 5. The maximum absolute atomic E-state index is 14.1. The summed E-state index contributed by atoms with van der Waals surface area (Å²) in [5.74, 6) is 0.329. The number of likely N-dealkylation sites (tertiary alicyclic amines) is 1. The van der Waals surface area contributed by atoms with Crippen LogP contribution in [0.5, 0.6) is 0 Å². The number of aliphatic hydroxyl groups is 2. The molecular formula is C25H26F3N5O2. The van der Waals surface area contributed by atoms with Crippen LogP contribution in [0.2, 0.25) is 0 Å². The van der Waals surface area contributed by atoms with Gasteiger partial charge in [-0.25, -0.2) is 4.98 Å². The topological polar surface area (TPSA) is 86.8 Å². The number of alkyl halides is 3. The molecule has 0 unspecified atom stereocenters. The van der Waals surface area contributed by atoms with Gasteiger partial charge in [0.2, 0.25) is 0 Å². The summed E-state index contributed by atoms with van der Waals surface area (Å²) in [7, 11) is 0. The van der Waals surface area contributed by atoms with Gasteiger partial charge >= 0.3 is 6.18 Å². The van der Waals surface area contributed by atoms with Gasteiger partial charge < -0.3 is 10.2 Å². The van der Waals surface area contributed by atoms with Crippen molar-refractivity contribution in [2.24, 2.45) is 0 Å². The molecule has 2 N–H and O–H groups in total. The van der Waals surface area contributed by atoms with Gasteiger partial charge in [-0.3, -0.25) is 9.30 Å². The van der Waals surface area contributed by atoms with Crippen molar-refractivity contribution in [3.05, 3.63) is 59.8 Å². The van der Waals surface area contributed by atoms with E-state index in [1.807, 2.05) is 24.3 Å². The van der Waals surface area contributed by atoms with Crippen LogP contribution in [0.1, 0.15) is 37.9 Å². The highest BCUT2D eigenvalue weighted by molar-refractivity contribution is 5.84. The molecule has 0 amide bonds. The Kier molecular flexibility index (Phi) is 5.58. The third kappa shape index (κ3) is 4.26. The highest BCUT2D eigenvalue weighted by Gasteiger charge is 2.48. The number of rotatable bonds is 3. The van der Waals surface area contributed by atoms with E-state index in [0.717, 1.165) is 21.4 Å². The third-order valence-corrected chi connectivity index (χ3v) is 6.46. The molecule has 0 radical (unpaired) electrons. The van der Waals surface area contributed by atoms with Crippen molar-refractivity contribution >= 4 is 16.6 Å². The molecule has 3 aromatic heterocycles. The Bertz CT molecular complexity index is 1390. The second-order valence-corrected chi connectivity index (χ2v) is 10.1. The number of para-hydroxylation sites is 1. The van der Waals surface area contributed by atoms with Gasteiger partial charge in [0, 0.05) is 24.7 Å². The molecule has 5 rings (SSSR count). The molecule has 0 saturated carbocycles. The zero-order valence-corrected chi connectivity index (χ0v) is 19.5. The summed E-state index contributed by atoms with van der Waals surface area (Å²) in [5.41, 5.74) is 2.54. The van der Waals surface area contributed by atoms with Crippen LogP contribution in [-0.4, -0.2) is 66.2 Å². The molecule has 4 aromatic rings. The summed E-state index contributed by atoms with van der Waals surface area (Å²) in [6, 6.07) is 10.5. The van der Waals surface area contributed by atoms with Crippen molar-refractivity contribution in [2.75, 3.05) is 13.1 Å². The highest BCUT2D eigenvalue weighted by Crippen LogP contribution is 2.40. The average Bonchev–Trinajstić information content (AvgIpc) is 3.34. The zero-order valence-electron chi connectivity index (χ0n) is 19.5.